The van der Waals surface area contributed by atoms with E-state index < -0.39 is 17.7 Å². The molecule has 2 atom stereocenters. The summed E-state index contributed by atoms with van der Waals surface area (Å²) in [6.07, 6.45) is 1.67. The lowest BCUT2D eigenvalue weighted by Crippen LogP contribution is -2.38. The SMILES string of the molecule is CCN(CC)CCN1C(=O)C(=O)C(=C(O)c2ccc3c(c2)C[C@@H](C)O3)[C@@H]1c1ccc(OCCC(C)C)c(OC)c1. The van der Waals surface area contributed by atoms with Crippen molar-refractivity contribution < 1.29 is 28.9 Å². The van der Waals surface area contributed by atoms with E-state index in [-0.39, 0.29) is 17.4 Å². The average Bonchev–Trinajstić information content (AvgIpc) is 3.44. The van der Waals surface area contributed by atoms with E-state index in [1.165, 1.54) is 0 Å². The quantitative estimate of drug-likeness (QED) is 0.221. The Bertz CT molecular complexity index is 1270. The number of methoxy groups -OCH3 is 1. The molecule has 8 nitrogen and oxygen atoms in total. The number of rotatable bonds is 12. The highest BCUT2D eigenvalue weighted by Crippen LogP contribution is 2.42. The molecule has 216 valence electrons. The molecule has 2 aromatic rings. The van der Waals surface area contributed by atoms with Crippen LogP contribution in [0.25, 0.3) is 5.76 Å². The van der Waals surface area contributed by atoms with Crippen LogP contribution in [0.1, 0.15) is 63.8 Å². The molecular weight excluding hydrogens is 508 g/mol. The van der Waals surface area contributed by atoms with Gasteiger partial charge in [0.15, 0.2) is 11.5 Å². The van der Waals surface area contributed by atoms with Crippen LogP contribution in [0.15, 0.2) is 42.0 Å². The van der Waals surface area contributed by atoms with Crippen LogP contribution < -0.4 is 14.2 Å². The summed E-state index contributed by atoms with van der Waals surface area (Å²) < 4.78 is 17.4. The molecule has 1 amide bonds. The fourth-order valence-corrected chi connectivity index (χ4v) is 5.35. The number of fused-ring (bicyclic) bond motifs is 1. The third kappa shape index (κ3) is 6.12. The van der Waals surface area contributed by atoms with Gasteiger partial charge in [-0.15, -0.1) is 0 Å². The van der Waals surface area contributed by atoms with Gasteiger partial charge >= 0.3 is 0 Å². The van der Waals surface area contributed by atoms with Gasteiger partial charge in [-0.25, -0.2) is 0 Å². The number of Topliss-reactive ketones (excluding diaryl/α,β-unsaturated/α-hetero) is 1. The number of likely N-dealkylation sites (tertiary alicyclic amines) is 1. The Morgan fingerprint density at radius 2 is 1.88 bits per heavy atom. The third-order valence-corrected chi connectivity index (χ3v) is 7.72. The predicted octanol–water partition coefficient (Wildman–Crippen LogP) is 5.21. The number of hydrogen-bond acceptors (Lipinski definition) is 7. The number of likely N-dealkylation sites (N-methyl/N-ethyl adjacent to an activating group) is 1. The number of amides is 1. The molecule has 2 aliphatic rings. The molecule has 40 heavy (non-hydrogen) atoms. The summed E-state index contributed by atoms with van der Waals surface area (Å²) >= 11 is 0. The largest absolute Gasteiger partial charge is 0.507 e. The van der Waals surface area contributed by atoms with Crippen LogP contribution in [0.5, 0.6) is 17.2 Å². The topological polar surface area (TPSA) is 88.5 Å². The van der Waals surface area contributed by atoms with E-state index in [0.29, 0.717) is 54.7 Å². The van der Waals surface area contributed by atoms with Crippen LogP contribution in [0.4, 0.5) is 0 Å². The van der Waals surface area contributed by atoms with Gasteiger partial charge in [-0.1, -0.05) is 33.8 Å². The first-order valence-electron chi connectivity index (χ1n) is 14.3. The van der Waals surface area contributed by atoms with Gasteiger partial charge in [-0.3, -0.25) is 9.59 Å². The fourth-order valence-electron chi connectivity index (χ4n) is 5.35. The van der Waals surface area contributed by atoms with Gasteiger partial charge in [0, 0.05) is 25.1 Å². The van der Waals surface area contributed by atoms with Gasteiger partial charge in [0.25, 0.3) is 11.7 Å². The standard InChI is InChI=1S/C32H42N2O6/c1-7-33(8-2)14-15-34-29(22-9-12-26(27(19-22)38-6)39-16-13-20(3)4)28(31(36)32(34)37)30(35)23-10-11-25-24(18-23)17-21(5)40-25/h9-12,18-21,29,35H,7-8,13-17H2,1-6H3/t21-,29+/m1/s1. The molecule has 2 aliphatic heterocycles. The number of hydrogen-bond donors (Lipinski definition) is 1. The number of ether oxygens (including phenoxy) is 3. The molecule has 0 radical (unpaired) electrons. The van der Waals surface area contributed by atoms with Crippen molar-refractivity contribution in [3.05, 3.63) is 58.7 Å². The lowest BCUT2D eigenvalue weighted by Gasteiger charge is -2.28. The maximum atomic E-state index is 13.5. The number of benzene rings is 2. The second-order valence-corrected chi connectivity index (χ2v) is 10.9. The molecular formula is C32H42N2O6. The van der Waals surface area contributed by atoms with Gasteiger partial charge in [0.2, 0.25) is 0 Å². The first-order valence-corrected chi connectivity index (χ1v) is 14.3. The Morgan fingerprint density at radius 3 is 2.55 bits per heavy atom. The molecule has 0 bridgehead atoms. The van der Waals surface area contributed by atoms with Crippen molar-refractivity contribution in [1.82, 2.24) is 9.80 Å². The fraction of sp³-hybridized carbons (Fsp3) is 0.500. The Hall–Kier alpha value is -3.52. The van der Waals surface area contributed by atoms with Gasteiger partial charge in [-0.05, 0) is 73.8 Å². The van der Waals surface area contributed by atoms with Crippen LogP contribution in [-0.2, 0) is 16.0 Å². The van der Waals surface area contributed by atoms with E-state index in [1.807, 2.05) is 31.2 Å². The Labute approximate surface area is 237 Å². The van der Waals surface area contributed by atoms with E-state index in [1.54, 1.807) is 24.1 Å². The summed E-state index contributed by atoms with van der Waals surface area (Å²) in [7, 11) is 1.57. The lowest BCUT2D eigenvalue weighted by atomic mass is 9.94. The number of aliphatic hydroxyl groups excluding tert-OH is 1. The van der Waals surface area contributed by atoms with E-state index in [9.17, 15) is 14.7 Å². The van der Waals surface area contributed by atoms with Gasteiger partial charge in [-0.2, -0.15) is 0 Å². The van der Waals surface area contributed by atoms with E-state index in [4.69, 9.17) is 14.2 Å². The van der Waals surface area contributed by atoms with Crippen molar-refractivity contribution in [3.63, 3.8) is 0 Å². The molecule has 0 unspecified atom stereocenters. The summed E-state index contributed by atoms with van der Waals surface area (Å²) in [6, 6.07) is 10.1. The van der Waals surface area contributed by atoms with Crippen molar-refractivity contribution in [1.29, 1.82) is 0 Å². The second kappa shape index (κ2) is 12.8. The second-order valence-electron chi connectivity index (χ2n) is 10.9. The van der Waals surface area contributed by atoms with Crippen LogP contribution in [0.2, 0.25) is 0 Å². The lowest BCUT2D eigenvalue weighted by molar-refractivity contribution is -0.140. The van der Waals surface area contributed by atoms with Crippen molar-refractivity contribution >= 4 is 17.4 Å². The highest BCUT2D eigenvalue weighted by atomic mass is 16.5. The van der Waals surface area contributed by atoms with Crippen LogP contribution in [-0.4, -0.2) is 72.6 Å². The maximum absolute atomic E-state index is 13.5. The summed E-state index contributed by atoms with van der Waals surface area (Å²) in [4.78, 5) is 30.7. The minimum absolute atomic E-state index is 0.0480. The Morgan fingerprint density at radius 1 is 1.12 bits per heavy atom. The van der Waals surface area contributed by atoms with Crippen LogP contribution in [0.3, 0.4) is 0 Å². The molecule has 2 aromatic carbocycles. The van der Waals surface area contributed by atoms with Crippen molar-refractivity contribution in [3.8, 4) is 17.2 Å². The van der Waals surface area contributed by atoms with Gasteiger partial charge in [0.05, 0.1) is 25.3 Å². The van der Waals surface area contributed by atoms with E-state index in [2.05, 4.69) is 32.6 Å². The van der Waals surface area contributed by atoms with Crippen molar-refractivity contribution in [2.45, 2.75) is 59.6 Å². The Balaban J connectivity index is 1.77. The van der Waals surface area contributed by atoms with Crippen LogP contribution >= 0.6 is 0 Å². The number of nitrogens with zero attached hydrogens (tertiary/aromatic N) is 2. The van der Waals surface area contributed by atoms with E-state index >= 15 is 0 Å². The molecule has 2 heterocycles. The normalized spacial score (nSPS) is 19.9. The summed E-state index contributed by atoms with van der Waals surface area (Å²) in [5.41, 5.74) is 2.20. The zero-order valence-corrected chi connectivity index (χ0v) is 24.5. The zero-order valence-electron chi connectivity index (χ0n) is 24.5. The molecule has 0 spiro atoms. The minimum Gasteiger partial charge on any atom is -0.507 e. The number of aliphatic hydroxyl groups is 1. The summed E-state index contributed by atoms with van der Waals surface area (Å²) in [5, 5.41) is 11.5. The van der Waals surface area contributed by atoms with Crippen molar-refractivity contribution in [2.75, 3.05) is 39.9 Å². The molecule has 1 saturated heterocycles. The maximum Gasteiger partial charge on any atom is 0.295 e. The molecule has 0 aromatic heterocycles. The number of carbonyl (C=O) groups excluding carboxylic acids is 2. The third-order valence-electron chi connectivity index (χ3n) is 7.72. The molecule has 8 heteroatoms. The zero-order chi connectivity index (χ0) is 29.0. The highest BCUT2D eigenvalue weighted by molar-refractivity contribution is 6.46. The number of carbonyl (C=O) groups is 2. The molecule has 0 saturated carbocycles. The molecule has 0 aliphatic carbocycles. The first-order chi connectivity index (χ1) is 19.2. The van der Waals surface area contributed by atoms with Crippen molar-refractivity contribution in [2.24, 2.45) is 5.92 Å². The van der Waals surface area contributed by atoms with Gasteiger partial charge < -0.3 is 29.1 Å². The summed E-state index contributed by atoms with van der Waals surface area (Å²) in [5.74, 6) is 0.894. The number of ketones is 1. The minimum atomic E-state index is -0.766. The van der Waals surface area contributed by atoms with E-state index in [0.717, 1.165) is 30.8 Å². The molecule has 4 rings (SSSR count). The van der Waals surface area contributed by atoms with Gasteiger partial charge in [0.1, 0.15) is 17.6 Å². The molecule has 1 fully saturated rings. The smallest absolute Gasteiger partial charge is 0.295 e. The Kier molecular flexibility index (Phi) is 9.40. The monoisotopic (exact) mass is 550 g/mol. The van der Waals surface area contributed by atoms with Crippen LogP contribution in [0, 0.1) is 5.92 Å². The predicted molar refractivity (Wildman–Crippen MR) is 155 cm³/mol. The highest BCUT2D eigenvalue weighted by Gasteiger charge is 2.46. The first kappa shape index (κ1) is 29.5. The average molecular weight is 551 g/mol. The molecule has 1 N–H and O–H groups in total. The summed E-state index contributed by atoms with van der Waals surface area (Å²) in [6.45, 7) is 13.6.